The molecule has 0 spiro atoms. The molecule has 16 heavy (non-hydrogen) atoms. The highest BCUT2D eigenvalue weighted by Crippen LogP contribution is 2.31. The van der Waals surface area contributed by atoms with Crippen molar-refractivity contribution in [1.82, 2.24) is 0 Å². The van der Waals surface area contributed by atoms with Crippen LogP contribution in [0.15, 0.2) is 30.3 Å². The Morgan fingerprint density at radius 3 is 2.31 bits per heavy atom. The first-order chi connectivity index (χ1) is 7.52. The van der Waals surface area contributed by atoms with E-state index in [4.69, 9.17) is 10.8 Å². The number of aliphatic carboxylic acids is 1. The fraction of sp³-hybridized carbons (Fsp3) is 0.273. The number of amides is 1. The summed E-state index contributed by atoms with van der Waals surface area (Å²) in [6, 6.07) is 8.93. The molecule has 0 saturated heterocycles. The molecule has 4 nitrogen and oxygen atoms in total. The number of primary amides is 1. The molecule has 86 valence electrons. The van der Waals surface area contributed by atoms with Gasteiger partial charge in [-0.15, -0.1) is 11.8 Å². The maximum Gasteiger partial charge on any atom is 0.316 e. The van der Waals surface area contributed by atoms with Gasteiger partial charge in [-0.1, -0.05) is 30.3 Å². The topological polar surface area (TPSA) is 80.4 Å². The van der Waals surface area contributed by atoms with E-state index in [1.54, 1.807) is 24.3 Å². The quantitative estimate of drug-likeness (QED) is 0.814. The second kappa shape index (κ2) is 5.55. The van der Waals surface area contributed by atoms with Gasteiger partial charge in [0.2, 0.25) is 5.91 Å². The van der Waals surface area contributed by atoms with E-state index >= 15 is 0 Å². The molecule has 2 unspecified atom stereocenters. The maximum absolute atomic E-state index is 11.3. The van der Waals surface area contributed by atoms with Crippen molar-refractivity contribution in [3.05, 3.63) is 35.9 Å². The standard InChI is InChI=1S/C11H13NO3S/c1-7(11(14)15)16-9(10(12)13)8-5-3-2-4-6-8/h2-7,9H,1H3,(H2,12,13)(H,14,15). The Morgan fingerprint density at radius 1 is 1.31 bits per heavy atom. The van der Waals surface area contributed by atoms with Crippen LogP contribution in [0.25, 0.3) is 0 Å². The molecule has 0 heterocycles. The van der Waals surface area contributed by atoms with E-state index in [-0.39, 0.29) is 0 Å². The average Bonchev–Trinajstić information content (AvgIpc) is 2.26. The molecular weight excluding hydrogens is 226 g/mol. The fourth-order valence-corrected chi connectivity index (χ4v) is 2.17. The van der Waals surface area contributed by atoms with Gasteiger partial charge in [-0.3, -0.25) is 9.59 Å². The lowest BCUT2D eigenvalue weighted by Crippen LogP contribution is -2.23. The van der Waals surface area contributed by atoms with Crippen molar-refractivity contribution in [3.63, 3.8) is 0 Å². The van der Waals surface area contributed by atoms with E-state index in [1.807, 2.05) is 6.07 Å². The summed E-state index contributed by atoms with van der Waals surface area (Å²) in [7, 11) is 0. The number of carboxylic acids is 1. The van der Waals surface area contributed by atoms with Crippen molar-refractivity contribution >= 4 is 23.6 Å². The summed E-state index contributed by atoms with van der Waals surface area (Å²) in [5, 5.41) is 7.50. The van der Waals surface area contributed by atoms with E-state index in [2.05, 4.69) is 0 Å². The lowest BCUT2D eigenvalue weighted by molar-refractivity contribution is -0.136. The normalized spacial score (nSPS) is 14.1. The second-order valence-corrected chi connectivity index (χ2v) is 4.76. The summed E-state index contributed by atoms with van der Waals surface area (Å²) in [5.41, 5.74) is 5.99. The molecule has 1 amide bonds. The lowest BCUT2D eigenvalue weighted by atomic mass is 10.1. The summed E-state index contributed by atoms with van der Waals surface area (Å²) in [4.78, 5) is 22.0. The molecule has 0 aliphatic heterocycles. The minimum Gasteiger partial charge on any atom is -0.480 e. The Morgan fingerprint density at radius 2 is 1.88 bits per heavy atom. The highest BCUT2D eigenvalue weighted by atomic mass is 32.2. The van der Waals surface area contributed by atoms with Crippen LogP contribution in [-0.4, -0.2) is 22.2 Å². The third kappa shape index (κ3) is 3.27. The molecule has 0 saturated carbocycles. The Balaban J connectivity index is 2.85. The van der Waals surface area contributed by atoms with Crippen LogP contribution in [-0.2, 0) is 9.59 Å². The number of hydrogen-bond acceptors (Lipinski definition) is 3. The van der Waals surface area contributed by atoms with Gasteiger partial charge in [0.15, 0.2) is 0 Å². The maximum atomic E-state index is 11.3. The molecule has 0 aliphatic rings. The van der Waals surface area contributed by atoms with Gasteiger partial charge in [-0.2, -0.15) is 0 Å². The first kappa shape index (κ1) is 12.6. The van der Waals surface area contributed by atoms with Gasteiger partial charge in [0.1, 0.15) is 10.5 Å². The number of carbonyl (C=O) groups is 2. The minimum absolute atomic E-state index is 0.524. The van der Waals surface area contributed by atoms with Crippen molar-refractivity contribution in [2.75, 3.05) is 0 Å². The summed E-state index contributed by atoms with van der Waals surface area (Å²) in [5.74, 6) is -1.48. The zero-order valence-electron chi connectivity index (χ0n) is 8.79. The highest BCUT2D eigenvalue weighted by molar-refractivity contribution is 8.01. The van der Waals surface area contributed by atoms with Gasteiger partial charge in [0.25, 0.3) is 0 Å². The van der Waals surface area contributed by atoms with Crippen LogP contribution in [0.2, 0.25) is 0 Å². The number of thioether (sulfide) groups is 1. The van der Waals surface area contributed by atoms with E-state index in [1.165, 1.54) is 6.92 Å². The molecule has 1 rings (SSSR count). The van der Waals surface area contributed by atoms with E-state index in [9.17, 15) is 9.59 Å². The third-order valence-corrected chi connectivity index (χ3v) is 3.44. The van der Waals surface area contributed by atoms with Crippen LogP contribution in [0.1, 0.15) is 17.7 Å². The molecule has 0 aromatic heterocycles. The molecule has 5 heteroatoms. The number of rotatable bonds is 5. The van der Waals surface area contributed by atoms with Crippen LogP contribution in [0.4, 0.5) is 0 Å². The molecule has 0 aliphatic carbocycles. The van der Waals surface area contributed by atoms with Crippen molar-refractivity contribution < 1.29 is 14.7 Å². The zero-order chi connectivity index (χ0) is 12.1. The monoisotopic (exact) mass is 239 g/mol. The third-order valence-electron chi connectivity index (χ3n) is 2.05. The summed E-state index contributed by atoms with van der Waals surface area (Å²) in [6.45, 7) is 1.53. The van der Waals surface area contributed by atoms with Crippen LogP contribution in [0.3, 0.4) is 0 Å². The molecule has 1 aromatic carbocycles. The van der Waals surface area contributed by atoms with E-state index in [0.29, 0.717) is 0 Å². The minimum atomic E-state index is -0.952. The number of carbonyl (C=O) groups excluding carboxylic acids is 1. The van der Waals surface area contributed by atoms with Crippen molar-refractivity contribution in [2.45, 2.75) is 17.4 Å². The molecule has 0 bridgehead atoms. The van der Waals surface area contributed by atoms with Gasteiger partial charge in [0, 0.05) is 0 Å². The molecule has 1 aromatic rings. The second-order valence-electron chi connectivity index (χ2n) is 3.31. The van der Waals surface area contributed by atoms with Crippen molar-refractivity contribution in [2.24, 2.45) is 5.73 Å². The average molecular weight is 239 g/mol. The Labute approximate surface area is 97.8 Å². The SMILES string of the molecule is CC(SC(C(N)=O)c1ccccc1)C(=O)O. The first-order valence-corrected chi connectivity index (χ1v) is 5.69. The lowest BCUT2D eigenvalue weighted by Gasteiger charge is -2.15. The van der Waals surface area contributed by atoms with Crippen LogP contribution in [0, 0.1) is 0 Å². The van der Waals surface area contributed by atoms with Gasteiger partial charge in [-0.25, -0.2) is 0 Å². The number of carboxylic acid groups (broad SMARTS) is 1. The van der Waals surface area contributed by atoms with Crippen LogP contribution in [0.5, 0.6) is 0 Å². The van der Waals surface area contributed by atoms with E-state index < -0.39 is 22.4 Å². The van der Waals surface area contributed by atoms with Crippen molar-refractivity contribution in [1.29, 1.82) is 0 Å². The number of nitrogens with two attached hydrogens (primary N) is 1. The van der Waals surface area contributed by atoms with Gasteiger partial charge in [0.05, 0.1) is 0 Å². The number of hydrogen-bond donors (Lipinski definition) is 2. The summed E-state index contributed by atoms with van der Waals surface area (Å²) >= 11 is 1.04. The summed E-state index contributed by atoms with van der Waals surface area (Å²) in [6.07, 6.45) is 0. The highest BCUT2D eigenvalue weighted by Gasteiger charge is 2.24. The van der Waals surface area contributed by atoms with E-state index in [0.717, 1.165) is 17.3 Å². The van der Waals surface area contributed by atoms with Crippen LogP contribution < -0.4 is 5.73 Å². The molecule has 0 radical (unpaired) electrons. The predicted octanol–water partition coefficient (Wildman–Crippen LogP) is 1.42. The number of benzene rings is 1. The molecule has 2 atom stereocenters. The molecule has 3 N–H and O–H groups in total. The predicted molar refractivity (Wildman–Crippen MR) is 63.1 cm³/mol. The smallest absolute Gasteiger partial charge is 0.316 e. The van der Waals surface area contributed by atoms with Gasteiger partial charge in [-0.05, 0) is 12.5 Å². The molecule has 0 fully saturated rings. The fourth-order valence-electron chi connectivity index (χ4n) is 1.20. The summed E-state index contributed by atoms with van der Waals surface area (Å²) < 4.78 is 0. The zero-order valence-corrected chi connectivity index (χ0v) is 9.61. The Kier molecular flexibility index (Phi) is 4.37. The Hall–Kier alpha value is -1.49. The first-order valence-electron chi connectivity index (χ1n) is 4.75. The van der Waals surface area contributed by atoms with Crippen LogP contribution >= 0.6 is 11.8 Å². The van der Waals surface area contributed by atoms with Gasteiger partial charge >= 0.3 is 5.97 Å². The Bertz CT molecular complexity index is 380. The van der Waals surface area contributed by atoms with Crippen molar-refractivity contribution in [3.8, 4) is 0 Å². The molecular formula is C11H13NO3S. The van der Waals surface area contributed by atoms with Gasteiger partial charge < -0.3 is 10.8 Å². The largest absolute Gasteiger partial charge is 0.480 e.